The highest BCUT2D eigenvalue weighted by molar-refractivity contribution is 5.67. The predicted molar refractivity (Wildman–Crippen MR) is 124 cm³/mol. The molecule has 2 atom stereocenters. The largest absolute Gasteiger partial charge is 1.00 e. The Morgan fingerprint density at radius 2 is 1.55 bits per heavy atom. The predicted octanol–water partition coefficient (Wildman–Crippen LogP) is 2.94. The zero-order chi connectivity index (χ0) is 21.5. The van der Waals surface area contributed by atoms with Crippen molar-refractivity contribution in [3.8, 4) is 22.6 Å². The van der Waals surface area contributed by atoms with Gasteiger partial charge in [0.1, 0.15) is 13.1 Å². The standard InChI is InChI=1S/C27H36NO2.HI/c1-27(2)23-13-11-22(24(27)16-23)18-28(3,4)17-19-7-9-20(10-8-19)21-12-14-25(29-5)26(15-21)30-6;/h7-12,14-15,23-24H,13,16-18H2,1-6H3;1H/q+1;/p-1/t23-,24-;/m0./s1. The Labute approximate surface area is 205 Å². The topological polar surface area (TPSA) is 18.5 Å². The van der Waals surface area contributed by atoms with Crippen LogP contribution in [-0.2, 0) is 6.54 Å². The highest BCUT2D eigenvalue weighted by Gasteiger charge is 2.52. The monoisotopic (exact) mass is 533 g/mol. The lowest BCUT2D eigenvalue weighted by molar-refractivity contribution is -0.899. The van der Waals surface area contributed by atoms with Gasteiger partial charge in [-0.25, -0.2) is 0 Å². The maximum atomic E-state index is 5.45. The summed E-state index contributed by atoms with van der Waals surface area (Å²) in [5, 5.41) is 0. The van der Waals surface area contributed by atoms with Gasteiger partial charge in [-0.3, -0.25) is 0 Å². The third kappa shape index (κ3) is 4.80. The van der Waals surface area contributed by atoms with Crippen molar-refractivity contribution in [1.29, 1.82) is 0 Å². The van der Waals surface area contributed by atoms with Gasteiger partial charge in [0, 0.05) is 5.56 Å². The molecule has 31 heavy (non-hydrogen) atoms. The molecule has 0 amide bonds. The number of hydrogen-bond donors (Lipinski definition) is 0. The summed E-state index contributed by atoms with van der Waals surface area (Å²) in [6.45, 7) is 7.12. The Morgan fingerprint density at radius 1 is 0.903 bits per heavy atom. The molecule has 3 aliphatic rings. The van der Waals surface area contributed by atoms with E-state index in [-0.39, 0.29) is 24.0 Å². The Balaban J connectivity index is 0.00000272. The molecule has 1 fully saturated rings. The van der Waals surface area contributed by atoms with Crippen LogP contribution in [0.1, 0.15) is 32.3 Å². The second-order valence-corrected chi connectivity index (χ2v) is 10.3. The van der Waals surface area contributed by atoms with E-state index in [1.54, 1.807) is 19.8 Å². The van der Waals surface area contributed by atoms with E-state index < -0.39 is 0 Å². The summed E-state index contributed by atoms with van der Waals surface area (Å²) in [7, 11) is 8.07. The number of benzene rings is 2. The molecule has 2 bridgehead atoms. The molecule has 0 spiro atoms. The normalized spacial score (nSPS) is 21.4. The zero-order valence-electron chi connectivity index (χ0n) is 19.7. The zero-order valence-corrected chi connectivity index (χ0v) is 21.9. The average Bonchev–Trinajstić information content (AvgIpc) is 2.73. The molecule has 168 valence electrons. The third-order valence-electron chi connectivity index (χ3n) is 7.47. The molecule has 0 aliphatic heterocycles. The van der Waals surface area contributed by atoms with Gasteiger partial charge in [-0.2, -0.15) is 0 Å². The first-order chi connectivity index (χ1) is 14.2. The van der Waals surface area contributed by atoms with Crippen molar-refractivity contribution in [2.24, 2.45) is 17.3 Å². The number of nitrogens with zero attached hydrogens (tertiary/aromatic N) is 1. The van der Waals surface area contributed by atoms with Crippen molar-refractivity contribution in [2.75, 3.05) is 34.9 Å². The Kier molecular flexibility index (Phi) is 7.11. The fraction of sp³-hybridized carbons (Fsp3) is 0.481. The maximum Gasteiger partial charge on any atom is 0.161 e. The van der Waals surface area contributed by atoms with Crippen LogP contribution in [0.5, 0.6) is 11.5 Å². The lowest BCUT2D eigenvalue weighted by Gasteiger charge is -2.57. The van der Waals surface area contributed by atoms with Gasteiger partial charge in [-0.05, 0) is 58.9 Å². The fourth-order valence-corrected chi connectivity index (χ4v) is 5.52. The number of quaternary nitrogens is 1. The lowest BCUT2D eigenvalue weighted by Crippen LogP contribution is -3.00. The average molecular weight is 533 g/mol. The van der Waals surface area contributed by atoms with Crippen LogP contribution in [0.2, 0.25) is 0 Å². The highest BCUT2D eigenvalue weighted by Crippen LogP contribution is 2.59. The number of hydrogen-bond acceptors (Lipinski definition) is 2. The molecule has 0 radical (unpaired) electrons. The molecule has 2 aromatic rings. The van der Waals surface area contributed by atoms with Crippen molar-refractivity contribution >= 4 is 0 Å². The summed E-state index contributed by atoms with van der Waals surface area (Å²) in [6, 6.07) is 15.1. The van der Waals surface area contributed by atoms with E-state index >= 15 is 0 Å². The van der Waals surface area contributed by atoms with Crippen molar-refractivity contribution in [2.45, 2.75) is 33.2 Å². The fourth-order valence-electron chi connectivity index (χ4n) is 5.52. The quantitative estimate of drug-likeness (QED) is 0.310. The van der Waals surface area contributed by atoms with Crippen LogP contribution in [0.15, 0.2) is 54.1 Å². The van der Waals surface area contributed by atoms with Crippen molar-refractivity contribution < 1.29 is 37.9 Å². The van der Waals surface area contributed by atoms with E-state index in [2.05, 4.69) is 64.4 Å². The van der Waals surface area contributed by atoms with E-state index in [9.17, 15) is 0 Å². The Hall–Kier alpha value is -1.53. The van der Waals surface area contributed by atoms with E-state index in [1.807, 2.05) is 12.1 Å². The van der Waals surface area contributed by atoms with Crippen LogP contribution in [0.3, 0.4) is 0 Å². The van der Waals surface area contributed by atoms with E-state index in [1.165, 1.54) is 24.0 Å². The first-order valence-electron chi connectivity index (χ1n) is 11.1. The summed E-state index contributed by atoms with van der Waals surface area (Å²) in [6.07, 6.45) is 5.22. The van der Waals surface area contributed by atoms with Crippen LogP contribution in [0.4, 0.5) is 0 Å². The van der Waals surface area contributed by atoms with E-state index in [0.717, 1.165) is 46.5 Å². The Morgan fingerprint density at radius 3 is 2.13 bits per heavy atom. The third-order valence-corrected chi connectivity index (χ3v) is 7.47. The van der Waals surface area contributed by atoms with Crippen LogP contribution in [0.25, 0.3) is 11.1 Å². The second kappa shape index (κ2) is 9.14. The molecule has 3 aliphatic carbocycles. The molecule has 0 unspecified atom stereocenters. The van der Waals surface area contributed by atoms with Gasteiger partial charge < -0.3 is 37.9 Å². The second-order valence-electron chi connectivity index (χ2n) is 10.3. The molecule has 0 aromatic heterocycles. The number of likely N-dealkylation sites (N-methyl/N-ethyl adjacent to an activating group) is 1. The maximum absolute atomic E-state index is 5.45. The molecule has 0 N–H and O–H groups in total. The molecule has 0 saturated heterocycles. The van der Waals surface area contributed by atoms with Gasteiger partial charge in [0.15, 0.2) is 11.5 Å². The summed E-state index contributed by atoms with van der Waals surface area (Å²) in [4.78, 5) is 0. The number of allylic oxidation sites excluding steroid dienone is 1. The summed E-state index contributed by atoms with van der Waals surface area (Å²) in [5.74, 6) is 3.22. The van der Waals surface area contributed by atoms with E-state index in [0.29, 0.717) is 5.41 Å². The molecule has 0 heterocycles. The van der Waals surface area contributed by atoms with Crippen molar-refractivity contribution in [3.63, 3.8) is 0 Å². The van der Waals surface area contributed by atoms with Crippen LogP contribution in [-0.4, -0.2) is 39.3 Å². The summed E-state index contributed by atoms with van der Waals surface area (Å²) >= 11 is 0. The van der Waals surface area contributed by atoms with Gasteiger partial charge in [-0.1, -0.05) is 50.3 Å². The molecule has 4 heteroatoms. The summed E-state index contributed by atoms with van der Waals surface area (Å²) in [5.41, 5.74) is 5.91. The lowest BCUT2D eigenvalue weighted by atomic mass is 9.49. The van der Waals surface area contributed by atoms with E-state index in [4.69, 9.17) is 9.47 Å². The highest BCUT2D eigenvalue weighted by atomic mass is 127. The van der Waals surface area contributed by atoms with Gasteiger partial charge in [0.25, 0.3) is 0 Å². The number of methoxy groups -OCH3 is 2. The minimum atomic E-state index is 0. The molecule has 3 nitrogen and oxygen atoms in total. The smallest absolute Gasteiger partial charge is 0.161 e. The minimum Gasteiger partial charge on any atom is -1.00 e. The SMILES string of the molecule is COc1ccc(-c2ccc(C[N+](C)(C)CC3=CC[C@H]4C[C@@H]3C4(C)C)cc2)cc1OC.[I-]. The Bertz CT molecular complexity index is 946. The van der Waals surface area contributed by atoms with Gasteiger partial charge in [0.2, 0.25) is 0 Å². The summed E-state index contributed by atoms with van der Waals surface area (Å²) < 4.78 is 11.8. The van der Waals surface area contributed by atoms with Gasteiger partial charge >= 0.3 is 0 Å². The van der Waals surface area contributed by atoms with Crippen LogP contribution < -0.4 is 33.5 Å². The first kappa shape index (κ1) is 24.1. The molecular formula is C27H36INO2. The van der Waals surface area contributed by atoms with Crippen molar-refractivity contribution in [3.05, 3.63) is 59.7 Å². The molecule has 5 rings (SSSR count). The van der Waals surface area contributed by atoms with Crippen molar-refractivity contribution in [1.82, 2.24) is 0 Å². The van der Waals surface area contributed by atoms with Gasteiger partial charge in [-0.15, -0.1) is 0 Å². The number of ether oxygens (including phenoxy) is 2. The number of halogens is 1. The van der Waals surface area contributed by atoms with Crippen LogP contribution >= 0.6 is 0 Å². The molecular weight excluding hydrogens is 497 g/mol. The first-order valence-corrected chi connectivity index (χ1v) is 11.1. The minimum absolute atomic E-state index is 0. The van der Waals surface area contributed by atoms with Gasteiger partial charge in [0.05, 0.1) is 28.3 Å². The molecule has 2 aromatic carbocycles. The number of fused-ring (bicyclic) bond motifs is 1. The van der Waals surface area contributed by atoms with Crippen LogP contribution in [0, 0.1) is 17.3 Å². The number of rotatable bonds is 7. The molecule has 1 saturated carbocycles.